The number of oxazole rings is 1. The van der Waals surface area contributed by atoms with Gasteiger partial charge in [-0.3, -0.25) is 0 Å². The Labute approximate surface area is 235 Å². The number of aryl methyl sites for hydroxylation is 2. The molecule has 3 aromatic carbocycles. The maximum atomic E-state index is 11.3. The van der Waals surface area contributed by atoms with E-state index in [1.165, 1.54) is 14.7 Å². The molecule has 9 heteroatoms. The number of rotatable bonds is 9. The van der Waals surface area contributed by atoms with Gasteiger partial charge in [-0.05, 0) is 0 Å². The first-order valence-corrected chi connectivity index (χ1v) is 16.4. The van der Waals surface area contributed by atoms with Gasteiger partial charge in [0.25, 0.3) is 0 Å². The number of allylic oxidation sites excluding steroid dienone is 2. The van der Waals surface area contributed by atoms with Crippen LogP contribution in [0.3, 0.4) is 0 Å². The van der Waals surface area contributed by atoms with Gasteiger partial charge in [-0.1, -0.05) is 0 Å². The van der Waals surface area contributed by atoms with Crippen molar-refractivity contribution in [2.24, 2.45) is 0 Å². The molecule has 5 rings (SSSR count). The molecular formula is C30H32N2O5SSe. The van der Waals surface area contributed by atoms with Gasteiger partial charge in [-0.2, -0.15) is 0 Å². The first-order valence-electron chi connectivity index (χ1n) is 13.1. The van der Waals surface area contributed by atoms with E-state index in [0.29, 0.717) is 12.4 Å². The summed E-state index contributed by atoms with van der Waals surface area (Å²) in [5, 5.41) is 2.09. The third-order valence-corrected chi connectivity index (χ3v) is 10.1. The molecule has 1 aliphatic rings. The van der Waals surface area contributed by atoms with Crippen LogP contribution in [0.1, 0.15) is 38.1 Å². The number of benzene rings is 3. The molecule has 204 valence electrons. The Kier molecular flexibility index (Phi) is 7.87. The Morgan fingerprint density at radius 2 is 1.97 bits per heavy atom. The van der Waals surface area contributed by atoms with Crippen molar-refractivity contribution in [3.8, 4) is 5.75 Å². The number of hydrogen-bond donors (Lipinski definition) is 0. The number of ether oxygens (including phenoxy) is 1. The van der Waals surface area contributed by atoms with Crippen molar-refractivity contribution >= 4 is 63.2 Å². The van der Waals surface area contributed by atoms with E-state index in [4.69, 9.17) is 9.15 Å². The predicted molar refractivity (Wildman–Crippen MR) is 156 cm³/mol. The third-order valence-electron chi connectivity index (χ3n) is 6.98. The molecule has 1 aromatic heterocycles. The van der Waals surface area contributed by atoms with Gasteiger partial charge >= 0.3 is 236 Å². The molecule has 4 aromatic rings. The standard InChI is InChI=1S/C30H32N2O5SSe/c1-5-21(18-29-31(6-2)24-16-20(3)26(36-4)19-27(24)39-29)17-28-32(14-9-15-38(33,34)35)30-23-11-8-7-10-22(23)12-13-25(30)37-28/h7-8,10-13,16-19H,5-6,9,14-15H2,1-4H3. The summed E-state index contributed by atoms with van der Waals surface area (Å²) >= 11 is 0.128. The van der Waals surface area contributed by atoms with Crippen molar-refractivity contribution in [2.45, 2.75) is 40.2 Å². The van der Waals surface area contributed by atoms with Crippen LogP contribution in [0.4, 0.5) is 5.69 Å². The van der Waals surface area contributed by atoms with Crippen molar-refractivity contribution in [3.05, 3.63) is 76.2 Å². The second-order valence-electron chi connectivity index (χ2n) is 9.53. The van der Waals surface area contributed by atoms with Crippen LogP contribution in [-0.2, 0) is 16.7 Å². The Morgan fingerprint density at radius 1 is 1.18 bits per heavy atom. The first-order chi connectivity index (χ1) is 18.7. The van der Waals surface area contributed by atoms with E-state index in [1.54, 1.807) is 7.11 Å². The zero-order chi connectivity index (χ0) is 27.7. The Balaban J connectivity index is 1.59. The number of nitrogens with zero attached hydrogens (tertiary/aromatic N) is 2. The van der Waals surface area contributed by atoms with Crippen LogP contribution in [-0.4, -0.2) is 47.3 Å². The summed E-state index contributed by atoms with van der Waals surface area (Å²) in [6, 6.07) is 16.4. The number of fused-ring (bicyclic) bond motifs is 4. The van der Waals surface area contributed by atoms with Crippen LogP contribution in [0.15, 0.2) is 69.2 Å². The van der Waals surface area contributed by atoms with Crippen LogP contribution in [0, 0.1) is 6.92 Å². The average molecular weight is 612 g/mol. The van der Waals surface area contributed by atoms with Crippen molar-refractivity contribution < 1.29 is 26.7 Å². The van der Waals surface area contributed by atoms with Gasteiger partial charge < -0.3 is 0 Å². The molecule has 2 heterocycles. The number of aromatic nitrogens is 1. The molecule has 0 bridgehead atoms. The molecule has 0 N–H and O–H groups in total. The quantitative estimate of drug-likeness (QED) is 0.156. The van der Waals surface area contributed by atoms with Gasteiger partial charge in [0.15, 0.2) is 0 Å². The molecule has 0 aliphatic carbocycles. The molecule has 0 radical (unpaired) electrons. The number of hydrogen-bond acceptors (Lipinski definition) is 6. The Bertz CT molecular complexity index is 1720. The number of anilines is 1. The van der Waals surface area contributed by atoms with Crippen LogP contribution in [0.2, 0.25) is 0 Å². The molecule has 7 nitrogen and oxygen atoms in total. The molecule has 39 heavy (non-hydrogen) atoms. The van der Waals surface area contributed by atoms with Crippen LogP contribution >= 0.6 is 0 Å². The van der Waals surface area contributed by atoms with E-state index in [0.717, 1.165) is 51.7 Å². The van der Waals surface area contributed by atoms with Gasteiger partial charge in [-0.25, -0.2) is 0 Å². The third kappa shape index (κ3) is 5.63. The van der Waals surface area contributed by atoms with E-state index in [-0.39, 0.29) is 21.4 Å². The Hall–Kier alpha value is -3.10. The summed E-state index contributed by atoms with van der Waals surface area (Å²) in [5.74, 6) is 1.14. The summed E-state index contributed by atoms with van der Waals surface area (Å²) in [6.45, 7) is 7.58. The molecule has 0 unspecified atom stereocenters. The van der Waals surface area contributed by atoms with Gasteiger partial charge in [0.1, 0.15) is 0 Å². The van der Waals surface area contributed by atoms with Crippen LogP contribution in [0.5, 0.6) is 5.75 Å². The van der Waals surface area contributed by atoms with Gasteiger partial charge in [0.2, 0.25) is 0 Å². The molecular weight excluding hydrogens is 579 g/mol. The van der Waals surface area contributed by atoms with E-state index in [1.807, 2.05) is 47.0 Å². The second-order valence-corrected chi connectivity index (χ2v) is 13.3. The zero-order valence-electron chi connectivity index (χ0n) is 22.6. The fourth-order valence-corrected chi connectivity index (χ4v) is 8.08. The molecule has 1 aliphatic heterocycles. The fraction of sp³-hybridized carbons (Fsp3) is 0.300. The maximum absolute atomic E-state index is 11.3. The molecule has 0 amide bonds. The van der Waals surface area contributed by atoms with E-state index in [9.17, 15) is 13.0 Å². The van der Waals surface area contributed by atoms with Gasteiger partial charge in [-0.15, -0.1) is 0 Å². The minimum absolute atomic E-state index is 0.128. The minimum atomic E-state index is -4.30. The number of methoxy groups -OCH3 is 1. The molecule has 0 fully saturated rings. The Morgan fingerprint density at radius 3 is 2.69 bits per heavy atom. The van der Waals surface area contributed by atoms with Crippen LogP contribution < -0.4 is 18.7 Å². The van der Waals surface area contributed by atoms with E-state index >= 15 is 0 Å². The molecule has 0 atom stereocenters. The monoisotopic (exact) mass is 612 g/mol. The topological polar surface area (TPSA) is 86.7 Å². The fourth-order valence-electron chi connectivity index (χ4n) is 5.05. The van der Waals surface area contributed by atoms with Gasteiger partial charge in [0, 0.05) is 0 Å². The molecule has 0 spiro atoms. The normalized spacial score (nSPS) is 15.1. The summed E-state index contributed by atoms with van der Waals surface area (Å²) in [6.07, 6.45) is 5.30. The average Bonchev–Trinajstić information content (AvgIpc) is 3.43. The summed E-state index contributed by atoms with van der Waals surface area (Å²) < 4.78 is 50.5. The SMILES string of the molecule is CCC(=Cc1oc2ccc3ccccc3c2[n+]1CCCS(=O)(=O)[O-])C=C1[Se]c2cc(OC)c(C)cc2N1CC. The summed E-state index contributed by atoms with van der Waals surface area (Å²) in [5.41, 5.74) is 5.09. The predicted octanol–water partition coefficient (Wildman–Crippen LogP) is 4.63. The molecule has 0 saturated heterocycles. The van der Waals surface area contributed by atoms with Crippen molar-refractivity contribution in [1.82, 2.24) is 0 Å². The van der Waals surface area contributed by atoms with Gasteiger partial charge in [0.05, 0.1) is 0 Å². The van der Waals surface area contributed by atoms with Crippen molar-refractivity contribution in [3.63, 3.8) is 0 Å². The summed E-state index contributed by atoms with van der Waals surface area (Å²) in [7, 11) is -2.59. The summed E-state index contributed by atoms with van der Waals surface area (Å²) in [4.78, 5) is 2.37. The van der Waals surface area contributed by atoms with Crippen molar-refractivity contribution in [1.29, 1.82) is 0 Å². The zero-order valence-corrected chi connectivity index (χ0v) is 25.1. The molecule has 0 saturated carbocycles. The van der Waals surface area contributed by atoms with Crippen LogP contribution in [0.25, 0.3) is 27.9 Å². The second kappa shape index (κ2) is 11.2. The van der Waals surface area contributed by atoms with E-state index < -0.39 is 15.9 Å². The van der Waals surface area contributed by atoms with Crippen molar-refractivity contribution in [2.75, 3.05) is 24.3 Å². The first kappa shape index (κ1) is 27.5. The van der Waals surface area contributed by atoms with E-state index in [2.05, 4.69) is 43.9 Å².